The fourth-order valence-electron chi connectivity index (χ4n) is 2.65. The van der Waals surface area contributed by atoms with Gasteiger partial charge in [0.25, 0.3) is 15.9 Å². The molecule has 0 atom stereocenters. The third-order valence-corrected chi connectivity index (χ3v) is 5.75. The Labute approximate surface area is 165 Å². The van der Waals surface area contributed by atoms with Crippen molar-refractivity contribution < 1.29 is 13.2 Å². The Kier molecular flexibility index (Phi) is 5.80. The van der Waals surface area contributed by atoms with Crippen molar-refractivity contribution in [3.63, 3.8) is 0 Å². The van der Waals surface area contributed by atoms with Gasteiger partial charge in [-0.15, -0.1) is 0 Å². The molecule has 6 heteroatoms. The lowest BCUT2D eigenvalue weighted by atomic mass is 10.1. The van der Waals surface area contributed by atoms with E-state index in [9.17, 15) is 13.2 Å². The molecule has 0 spiro atoms. The second-order valence-electron chi connectivity index (χ2n) is 6.50. The summed E-state index contributed by atoms with van der Waals surface area (Å²) in [7, 11) is -3.72. The molecule has 3 rings (SSSR count). The van der Waals surface area contributed by atoms with E-state index in [4.69, 9.17) is 0 Å². The van der Waals surface area contributed by atoms with Crippen molar-refractivity contribution in [3.8, 4) is 0 Å². The molecule has 3 aromatic rings. The minimum absolute atomic E-state index is 0.0944. The minimum Gasteiger partial charge on any atom is -0.322 e. The van der Waals surface area contributed by atoms with Crippen LogP contribution in [0.1, 0.15) is 28.4 Å². The first-order valence-electron chi connectivity index (χ1n) is 8.97. The molecule has 0 aliphatic rings. The number of amides is 1. The lowest BCUT2D eigenvalue weighted by Crippen LogP contribution is -2.14. The predicted molar refractivity (Wildman–Crippen MR) is 112 cm³/mol. The van der Waals surface area contributed by atoms with E-state index in [0.29, 0.717) is 16.9 Å². The van der Waals surface area contributed by atoms with Crippen LogP contribution in [0.5, 0.6) is 0 Å². The van der Waals surface area contributed by atoms with Crippen molar-refractivity contribution >= 4 is 27.3 Å². The van der Waals surface area contributed by atoms with Crippen LogP contribution in [0.25, 0.3) is 0 Å². The van der Waals surface area contributed by atoms with Gasteiger partial charge in [0.1, 0.15) is 0 Å². The van der Waals surface area contributed by atoms with E-state index in [2.05, 4.69) is 17.0 Å². The molecule has 0 aliphatic carbocycles. The van der Waals surface area contributed by atoms with Crippen LogP contribution in [0.2, 0.25) is 0 Å². The normalized spacial score (nSPS) is 11.1. The SMILES string of the molecule is CCc1ccc(NC(=O)c2ccc(S(=O)(=O)Nc3ccc(C)cc3)cc2)cc1. The molecular formula is C22H22N2O3S. The maximum absolute atomic E-state index is 12.5. The second-order valence-corrected chi connectivity index (χ2v) is 8.18. The van der Waals surface area contributed by atoms with Crippen LogP contribution < -0.4 is 10.0 Å². The molecule has 3 aromatic carbocycles. The molecule has 0 aliphatic heterocycles. The van der Waals surface area contributed by atoms with Crippen molar-refractivity contribution in [2.75, 3.05) is 10.0 Å². The van der Waals surface area contributed by atoms with E-state index in [1.165, 1.54) is 29.8 Å². The quantitative estimate of drug-likeness (QED) is 0.641. The van der Waals surface area contributed by atoms with E-state index in [0.717, 1.165) is 12.0 Å². The van der Waals surface area contributed by atoms with E-state index in [-0.39, 0.29) is 10.8 Å². The molecule has 0 saturated heterocycles. The Hall–Kier alpha value is -3.12. The Morgan fingerprint density at radius 2 is 1.39 bits per heavy atom. The molecule has 0 bridgehead atoms. The van der Waals surface area contributed by atoms with Gasteiger partial charge in [0.05, 0.1) is 4.90 Å². The largest absolute Gasteiger partial charge is 0.322 e. The smallest absolute Gasteiger partial charge is 0.261 e. The molecule has 0 saturated carbocycles. The zero-order chi connectivity index (χ0) is 20.1. The fraction of sp³-hybridized carbons (Fsp3) is 0.136. The standard InChI is InChI=1S/C22H22N2O3S/c1-3-17-6-12-19(13-7-17)23-22(25)18-8-14-21(15-9-18)28(26,27)24-20-10-4-16(2)5-11-20/h4-15,24H,3H2,1-2H3,(H,23,25). The summed E-state index contributed by atoms with van der Waals surface area (Å²) in [5.74, 6) is -0.292. The van der Waals surface area contributed by atoms with Crippen LogP contribution in [0, 0.1) is 6.92 Å². The first-order valence-corrected chi connectivity index (χ1v) is 10.5. The lowest BCUT2D eigenvalue weighted by molar-refractivity contribution is 0.102. The number of anilines is 2. The third kappa shape index (κ3) is 4.78. The average Bonchev–Trinajstić information content (AvgIpc) is 2.70. The van der Waals surface area contributed by atoms with Gasteiger partial charge >= 0.3 is 0 Å². The fourth-order valence-corrected chi connectivity index (χ4v) is 3.71. The molecule has 5 nitrogen and oxygen atoms in total. The summed E-state index contributed by atoms with van der Waals surface area (Å²) in [5, 5.41) is 2.81. The number of hydrogen-bond acceptors (Lipinski definition) is 3. The number of hydrogen-bond donors (Lipinski definition) is 2. The highest BCUT2D eigenvalue weighted by Crippen LogP contribution is 2.18. The lowest BCUT2D eigenvalue weighted by Gasteiger charge is -2.10. The number of aryl methyl sites for hydroxylation is 2. The summed E-state index contributed by atoms with van der Waals surface area (Å²) in [6.45, 7) is 4.00. The van der Waals surface area contributed by atoms with Crippen molar-refractivity contribution in [1.82, 2.24) is 0 Å². The summed E-state index contributed by atoms with van der Waals surface area (Å²) in [6, 6.07) is 20.5. The van der Waals surface area contributed by atoms with Gasteiger partial charge in [-0.05, 0) is 67.4 Å². The number of carbonyl (C=O) groups is 1. The van der Waals surface area contributed by atoms with Gasteiger partial charge in [0, 0.05) is 16.9 Å². The van der Waals surface area contributed by atoms with Gasteiger partial charge in [0.15, 0.2) is 0 Å². The molecule has 0 fully saturated rings. The van der Waals surface area contributed by atoms with Crippen LogP contribution in [0.4, 0.5) is 11.4 Å². The van der Waals surface area contributed by atoms with Gasteiger partial charge in [0.2, 0.25) is 0 Å². The predicted octanol–water partition coefficient (Wildman–Crippen LogP) is 4.61. The number of carbonyl (C=O) groups excluding carboxylic acids is 1. The maximum Gasteiger partial charge on any atom is 0.261 e. The van der Waals surface area contributed by atoms with Crippen molar-refractivity contribution in [2.24, 2.45) is 0 Å². The summed E-state index contributed by atoms with van der Waals surface area (Å²) in [4.78, 5) is 12.5. The molecule has 144 valence electrons. The topological polar surface area (TPSA) is 75.3 Å². The minimum atomic E-state index is -3.72. The molecule has 0 unspecified atom stereocenters. The van der Waals surface area contributed by atoms with Crippen LogP contribution in [-0.4, -0.2) is 14.3 Å². The van der Waals surface area contributed by atoms with Crippen molar-refractivity contribution in [2.45, 2.75) is 25.2 Å². The second kappa shape index (κ2) is 8.27. The Morgan fingerprint density at radius 3 is 1.96 bits per heavy atom. The number of rotatable bonds is 6. The maximum atomic E-state index is 12.5. The molecule has 0 heterocycles. The first-order chi connectivity index (χ1) is 13.4. The number of benzene rings is 3. The van der Waals surface area contributed by atoms with Gasteiger partial charge in [-0.25, -0.2) is 8.42 Å². The number of nitrogens with one attached hydrogen (secondary N) is 2. The molecule has 0 radical (unpaired) electrons. The van der Waals surface area contributed by atoms with Gasteiger partial charge < -0.3 is 5.32 Å². The van der Waals surface area contributed by atoms with Crippen LogP contribution in [0.3, 0.4) is 0 Å². The highest BCUT2D eigenvalue weighted by molar-refractivity contribution is 7.92. The molecule has 1 amide bonds. The summed E-state index contributed by atoms with van der Waals surface area (Å²) in [6.07, 6.45) is 0.931. The number of sulfonamides is 1. The van der Waals surface area contributed by atoms with Crippen LogP contribution in [0.15, 0.2) is 77.7 Å². The molecule has 2 N–H and O–H groups in total. The van der Waals surface area contributed by atoms with E-state index >= 15 is 0 Å². The molecular weight excluding hydrogens is 372 g/mol. The van der Waals surface area contributed by atoms with Crippen molar-refractivity contribution in [1.29, 1.82) is 0 Å². The van der Waals surface area contributed by atoms with Crippen molar-refractivity contribution in [3.05, 3.63) is 89.5 Å². The van der Waals surface area contributed by atoms with Crippen LogP contribution in [-0.2, 0) is 16.4 Å². The highest BCUT2D eigenvalue weighted by atomic mass is 32.2. The monoisotopic (exact) mass is 394 g/mol. The Bertz CT molecular complexity index is 1060. The molecule has 28 heavy (non-hydrogen) atoms. The van der Waals surface area contributed by atoms with Crippen LogP contribution >= 0.6 is 0 Å². The highest BCUT2D eigenvalue weighted by Gasteiger charge is 2.15. The average molecular weight is 394 g/mol. The summed E-state index contributed by atoms with van der Waals surface area (Å²) in [5.41, 5.74) is 3.80. The van der Waals surface area contributed by atoms with E-state index < -0.39 is 10.0 Å². The van der Waals surface area contributed by atoms with Gasteiger partial charge in [-0.3, -0.25) is 9.52 Å². The Morgan fingerprint density at radius 1 is 0.821 bits per heavy atom. The van der Waals surface area contributed by atoms with E-state index in [1.807, 2.05) is 43.3 Å². The molecule has 0 aromatic heterocycles. The van der Waals surface area contributed by atoms with E-state index in [1.54, 1.807) is 12.1 Å². The summed E-state index contributed by atoms with van der Waals surface area (Å²) >= 11 is 0. The Balaban J connectivity index is 1.70. The van der Waals surface area contributed by atoms with Gasteiger partial charge in [-0.2, -0.15) is 0 Å². The summed E-state index contributed by atoms with van der Waals surface area (Å²) < 4.78 is 27.5. The van der Waals surface area contributed by atoms with Gasteiger partial charge in [-0.1, -0.05) is 36.8 Å². The first kappa shape index (κ1) is 19.6. The zero-order valence-corrected chi connectivity index (χ0v) is 16.6. The zero-order valence-electron chi connectivity index (χ0n) is 15.8. The third-order valence-electron chi connectivity index (χ3n) is 4.35.